The largest absolute Gasteiger partial charge is 0.378 e. The second-order valence-corrected chi connectivity index (χ2v) is 7.29. The van der Waals surface area contributed by atoms with Crippen molar-refractivity contribution in [2.45, 2.75) is 23.9 Å². The molecule has 1 aromatic heterocycles. The molecule has 0 spiro atoms. The van der Waals surface area contributed by atoms with Gasteiger partial charge in [0.1, 0.15) is 5.82 Å². The first-order chi connectivity index (χ1) is 12.6. The molecule has 2 aromatic carbocycles. The third-order valence-corrected chi connectivity index (χ3v) is 4.68. The quantitative estimate of drug-likeness (QED) is 0.529. The standard InChI is InChI=1S/C18H18ClN5OS/c1-12(17(25)21-15-9-5-6-13(19)10-15)26-18-22-16(23-24-18)11-20-14-7-3-2-4-8-14/h2-10,12,20H,11H2,1H3,(H,21,25)(H,22,23,24). The van der Waals surface area contributed by atoms with E-state index in [4.69, 9.17) is 11.6 Å². The number of rotatable bonds is 7. The van der Waals surface area contributed by atoms with Crippen molar-refractivity contribution >= 4 is 40.6 Å². The highest BCUT2D eigenvalue weighted by atomic mass is 35.5. The smallest absolute Gasteiger partial charge is 0.237 e. The van der Waals surface area contributed by atoms with E-state index in [2.05, 4.69) is 25.8 Å². The van der Waals surface area contributed by atoms with Crippen LogP contribution in [0.15, 0.2) is 59.8 Å². The molecule has 6 nitrogen and oxygen atoms in total. The second kappa shape index (κ2) is 8.73. The van der Waals surface area contributed by atoms with Gasteiger partial charge in [-0.2, -0.15) is 0 Å². The Morgan fingerprint density at radius 2 is 1.96 bits per heavy atom. The van der Waals surface area contributed by atoms with Crippen LogP contribution in [-0.2, 0) is 11.3 Å². The summed E-state index contributed by atoms with van der Waals surface area (Å²) in [5.74, 6) is 0.574. The fourth-order valence-electron chi connectivity index (χ4n) is 2.17. The number of carbonyl (C=O) groups is 1. The molecule has 0 saturated carbocycles. The minimum atomic E-state index is -0.347. The molecule has 0 fully saturated rings. The lowest BCUT2D eigenvalue weighted by atomic mass is 10.3. The van der Waals surface area contributed by atoms with E-state index in [1.54, 1.807) is 24.3 Å². The summed E-state index contributed by atoms with van der Waals surface area (Å²) in [5, 5.41) is 13.9. The SMILES string of the molecule is CC(Sc1n[nH]c(CNc2ccccc2)n1)C(=O)Nc1cccc(Cl)c1. The number of carbonyl (C=O) groups excluding carboxylic acids is 1. The van der Waals surface area contributed by atoms with Crippen LogP contribution >= 0.6 is 23.4 Å². The highest BCUT2D eigenvalue weighted by Gasteiger charge is 2.17. The summed E-state index contributed by atoms with van der Waals surface area (Å²) in [6, 6.07) is 16.9. The lowest BCUT2D eigenvalue weighted by Crippen LogP contribution is -2.22. The number of H-pyrrole nitrogens is 1. The maximum absolute atomic E-state index is 12.3. The zero-order valence-corrected chi connectivity index (χ0v) is 15.6. The van der Waals surface area contributed by atoms with Crippen LogP contribution in [0.25, 0.3) is 0 Å². The number of nitrogens with one attached hydrogen (secondary N) is 3. The second-order valence-electron chi connectivity index (χ2n) is 5.54. The van der Waals surface area contributed by atoms with Crippen molar-refractivity contribution in [3.63, 3.8) is 0 Å². The maximum atomic E-state index is 12.3. The Kier molecular flexibility index (Phi) is 6.14. The molecule has 26 heavy (non-hydrogen) atoms. The fourth-order valence-corrected chi connectivity index (χ4v) is 3.11. The molecule has 1 unspecified atom stereocenters. The lowest BCUT2D eigenvalue weighted by molar-refractivity contribution is -0.115. The zero-order valence-electron chi connectivity index (χ0n) is 14.1. The summed E-state index contributed by atoms with van der Waals surface area (Å²) in [6.07, 6.45) is 0. The van der Waals surface area contributed by atoms with Crippen molar-refractivity contribution in [2.75, 3.05) is 10.6 Å². The number of amides is 1. The summed E-state index contributed by atoms with van der Waals surface area (Å²) in [7, 11) is 0. The number of para-hydroxylation sites is 1. The Morgan fingerprint density at radius 3 is 2.73 bits per heavy atom. The van der Waals surface area contributed by atoms with E-state index < -0.39 is 0 Å². The molecule has 1 heterocycles. The Hall–Kier alpha value is -2.51. The van der Waals surface area contributed by atoms with Crippen LogP contribution in [0.3, 0.4) is 0 Å². The van der Waals surface area contributed by atoms with Crippen LogP contribution in [0.2, 0.25) is 5.02 Å². The number of benzene rings is 2. The molecule has 0 saturated heterocycles. The minimum absolute atomic E-state index is 0.133. The van der Waals surface area contributed by atoms with Gasteiger partial charge in [0.05, 0.1) is 11.8 Å². The van der Waals surface area contributed by atoms with E-state index in [1.165, 1.54) is 11.8 Å². The molecule has 8 heteroatoms. The van der Waals surface area contributed by atoms with Crippen molar-refractivity contribution in [2.24, 2.45) is 0 Å². The number of nitrogens with zero attached hydrogens (tertiary/aromatic N) is 2. The summed E-state index contributed by atoms with van der Waals surface area (Å²) in [6.45, 7) is 2.34. The van der Waals surface area contributed by atoms with Crippen molar-refractivity contribution < 1.29 is 4.79 Å². The molecule has 0 aliphatic rings. The summed E-state index contributed by atoms with van der Waals surface area (Å²) >= 11 is 7.22. The van der Waals surface area contributed by atoms with E-state index in [1.807, 2.05) is 37.3 Å². The molecular formula is C18H18ClN5OS. The van der Waals surface area contributed by atoms with Gasteiger partial charge in [-0.3, -0.25) is 9.89 Å². The summed E-state index contributed by atoms with van der Waals surface area (Å²) in [5.41, 5.74) is 1.67. The molecule has 0 aliphatic heterocycles. The van der Waals surface area contributed by atoms with Gasteiger partial charge >= 0.3 is 0 Å². The van der Waals surface area contributed by atoms with Gasteiger partial charge in [0.15, 0.2) is 0 Å². The highest BCUT2D eigenvalue weighted by molar-refractivity contribution is 8.00. The molecule has 3 aromatic rings. The molecule has 3 N–H and O–H groups in total. The predicted molar refractivity (Wildman–Crippen MR) is 106 cm³/mol. The van der Waals surface area contributed by atoms with Gasteiger partial charge in [-0.1, -0.05) is 47.6 Å². The highest BCUT2D eigenvalue weighted by Crippen LogP contribution is 2.22. The van der Waals surface area contributed by atoms with Gasteiger partial charge in [-0.05, 0) is 37.3 Å². The average molecular weight is 388 g/mol. The first-order valence-corrected chi connectivity index (χ1v) is 9.29. The van der Waals surface area contributed by atoms with Crippen LogP contribution in [0.1, 0.15) is 12.7 Å². The molecule has 0 aliphatic carbocycles. The first kappa shape index (κ1) is 18.3. The third-order valence-electron chi connectivity index (χ3n) is 3.49. The van der Waals surface area contributed by atoms with Crippen LogP contribution in [0, 0.1) is 0 Å². The van der Waals surface area contributed by atoms with Gasteiger partial charge in [0.2, 0.25) is 11.1 Å². The maximum Gasteiger partial charge on any atom is 0.237 e. The monoisotopic (exact) mass is 387 g/mol. The van der Waals surface area contributed by atoms with Crippen molar-refractivity contribution in [3.05, 3.63) is 65.4 Å². The van der Waals surface area contributed by atoms with Gasteiger partial charge in [0.25, 0.3) is 0 Å². The number of halogens is 1. The molecule has 0 radical (unpaired) electrons. The van der Waals surface area contributed by atoms with Gasteiger partial charge < -0.3 is 10.6 Å². The lowest BCUT2D eigenvalue weighted by Gasteiger charge is -2.10. The van der Waals surface area contributed by atoms with Crippen LogP contribution < -0.4 is 10.6 Å². The molecule has 1 amide bonds. The Bertz CT molecular complexity index is 871. The molecule has 0 bridgehead atoms. The van der Waals surface area contributed by atoms with E-state index in [0.717, 1.165) is 5.69 Å². The number of hydrogen-bond donors (Lipinski definition) is 3. The van der Waals surface area contributed by atoms with Crippen molar-refractivity contribution in [1.29, 1.82) is 0 Å². The van der Waals surface area contributed by atoms with Crippen molar-refractivity contribution in [1.82, 2.24) is 15.2 Å². The number of anilines is 2. The normalized spacial score (nSPS) is 11.8. The first-order valence-electron chi connectivity index (χ1n) is 8.03. The van der Waals surface area contributed by atoms with E-state index in [-0.39, 0.29) is 11.2 Å². The van der Waals surface area contributed by atoms with Gasteiger partial charge in [-0.15, -0.1) is 5.10 Å². The summed E-state index contributed by atoms with van der Waals surface area (Å²) < 4.78 is 0. The molecular weight excluding hydrogens is 370 g/mol. The van der Waals surface area contributed by atoms with E-state index in [0.29, 0.717) is 28.2 Å². The topological polar surface area (TPSA) is 82.7 Å². The Morgan fingerprint density at radius 1 is 1.19 bits per heavy atom. The minimum Gasteiger partial charge on any atom is -0.378 e. The van der Waals surface area contributed by atoms with Crippen molar-refractivity contribution in [3.8, 4) is 0 Å². The predicted octanol–water partition coefficient (Wildman–Crippen LogP) is 4.19. The van der Waals surface area contributed by atoms with Crippen LogP contribution in [0.4, 0.5) is 11.4 Å². The number of aromatic amines is 1. The molecule has 3 rings (SSSR count). The average Bonchev–Trinajstić information content (AvgIpc) is 3.08. The van der Waals surface area contributed by atoms with Crippen LogP contribution in [0.5, 0.6) is 0 Å². The Labute approximate surface area is 160 Å². The van der Waals surface area contributed by atoms with E-state index in [9.17, 15) is 4.79 Å². The summed E-state index contributed by atoms with van der Waals surface area (Å²) in [4.78, 5) is 16.7. The number of hydrogen-bond acceptors (Lipinski definition) is 5. The van der Waals surface area contributed by atoms with Gasteiger partial charge in [-0.25, -0.2) is 4.98 Å². The van der Waals surface area contributed by atoms with E-state index >= 15 is 0 Å². The zero-order chi connectivity index (χ0) is 18.4. The third kappa shape index (κ3) is 5.24. The molecule has 1 atom stereocenters. The molecule has 134 valence electrons. The van der Waals surface area contributed by atoms with Crippen LogP contribution in [-0.4, -0.2) is 26.3 Å². The number of aromatic nitrogens is 3. The van der Waals surface area contributed by atoms with Gasteiger partial charge in [0, 0.05) is 16.4 Å². The fraction of sp³-hybridized carbons (Fsp3) is 0.167. The number of thioether (sulfide) groups is 1. The Balaban J connectivity index is 1.52.